The maximum atomic E-state index is 5.72. The molecule has 0 amide bonds. The van der Waals surface area contributed by atoms with Gasteiger partial charge in [0.25, 0.3) is 0 Å². The summed E-state index contributed by atoms with van der Waals surface area (Å²) in [5.41, 5.74) is 1.04. The van der Waals surface area contributed by atoms with Crippen LogP contribution < -0.4 is 14.8 Å². The van der Waals surface area contributed by atoms with E-state index in [0.717, 1.165) is 40.5 Å². The lowest BCUT2D eigenvalue weighted by Gasteiger charge is -2.18. The Kier molecular flexibility index (Phi) is 5.70. The number of ether oxygens (including phenoxy) is 2. The van der Waals surface area contributed by atoms with E-state index >= 15 is 0 Å². The van der Waals surface area contributed by atoms with Crippen LogP contribution in [0.2, 0.25) is 0 Å². The van der Waals surface area contributed by atoms with Gasteiger partial charge in [0.1, 0.15) is 17.3 Å². The molecule has 0 radical (unpaired) electrons. The first-order chi connectivity index (χ1) is 10.2. The van der Waals surface area contributed by atoms with Crippen molar-refractivity contribution in [2.45, 2.75) is 19.4 Å². The summed E-state index contributed by atoms with van der Waals surface area (Å²) in [6.45, 7) is 3.02. The number of rotatable bonds is 7. The van der Waals surface area contributed by atoms with Gasteiger partial charge < -0.3 is 19.2 Å². The maximum Gasteiger partial charge on any atom is 0.169 e. The molecular weight excluding hydrogens is 334 g/mol. The monoisotopic (exact) mass is 353 g/mol. The molecule has 114 valence electrons. The van der Waals surface area contributed by atoms with Gasteiger partial charge >= 0.3 is 0 Å². The summed E-state index contributed by atoms with van der Waals surface area (Å²) >= 11 is 3.35. The summed E-state index contributed by atoms with van der Waals surface area (Å²) in [5.74, 6) is 2.38. The number of hydrogen-bond acceptors (Lipinski definition) is 4. The SMILES string of the molecule is CCCNC(c1cc(OC)cc(OC)c1)c1ccc(Br)o1. The molecule has 0 saturated heterocycles. The number of methoxy groups -OCH3 is 2. The fourth-order valence-electron chi connectivity index (χ4n) is 2.15. The minimum atomic E-state index is -0.0414. The second-order valence-electron chi connectivity index (χ2n) is 4.68. The molecule has 5 heteroatoms. The lowest BCUT2D eigenvalue weighted by molar-refractivity contribution is 0.389. The van der Waals surface area contributed by atoms with E-state index in [1.54, 1.807) is 14.2 Å². The summed E-state index contributed by atoms with van der Waals surface area (Å²) in [6.07, 6.45) is 1.04. The van der Waals surface area contributed by atoms with Crippen LogP contribution >= 0.6 is 15.9 Å². The minimum Gasteiger partial charge on any atom is -0.497 e. The van der Waals surface area contributed by atoms with Crippen LogP contribution in [0.3, 0.4) is 0 Å². The van der Waals surface area contributed by atoms with Crippen molar-refractivity contribution in [3.05, 3.63) is 46.3 Å². The van der Waals surface area contributed by atoms with E-state index in [4.69, 9.17) is 13.9 Å². The summed E-state index contributed by atoms with van der Waals surface area (Å²) in [6, 6.07) is 9.66. The first kappa shape index (κ1) is 15.9. The van der Waals surface area contributed by atoms with E-state index in [-0.39, 0.29) is 6.04 Å². The molecule has 1 heterocycles. The summed E-state index contributed by atoms with van der Waals surface area (Å²) in [7, 11) is 3.30. The topological polar surface area (TPSA) is 43.6 Å². The summed E-state index contributed by atoms with van der Waals surface area (Å²) < 4.78 is 17.1. The zero-order chi connectivity index (χ0) is 15.2. The maximum absolute atomic E-state index is 5.72. The molecule has 0 saturated carbocycles. The van der Waals surface area contributed by atoms with E-state index in [2.05, 4.69) is 28.2 Å². The molecule has 1 unspecified atom stereocenters. The van der Waals surface area contributed by atoms with Gasteiger partial charge in [-0.15, -0.1) is 0 Å². The standard InChI is InChI=1S/C16H20BrNO3/c1-4-7-18-16(14-5-6-15(17)21-14)11-8-12(19-2)10-13(9-11)20-3/h5-6,8-10,16,18H,4,7H2,1-3H3. The third-order valence-electron chi connectivity index (χ3n) is 3.18. The van der Waals surface area contributed by atoms with Crippen LogP contribution in [0.4, 0.5) is 0 Å². The highest BCUT2D eigenvalue weighted by atomic mass is 79.9. The second-order valence-corrected chi connectivity index (χ2v) is 5.46. The molecule has 21 heavy (non-hydrogen) atoms. The highest BCUT2D eigenvalue weighted by Crippen LogP contribution is 2.31. The Balaban J connectivity index is 2.40. The molecule has 2 rings (SSSR count). The van der Waals surface area contributed by atoms with E-state index in [1.807, 2.05) is 30.3 Å². The molecule has 1 N–H and O–H groups in total. The third-order valence-corrected chi connectivity index (χ3v) is 3.61. The predicted octanol–water partition coefficient (Wildman–Crippen LogP) is 4.15. The zero-order valence-corrected chi connectivity index (χ0v) is 14.1. The molecule has 0 spiro atoms. The smallest absolute Gasteiger partial charge is 0.169 e. The third kappa shape index (κ3) is 4.02. The number of nitrogens with one attached hydrogen (secondary N) is 1. The van der Waals surface area contributed by atoms with E-state index in [0.29, 0.717) is 0 Å². The molecule has 0 aliphatic rings. The van der Waals surface area contributed by atoms with Crippen LogP contribution in [0, 0.1) is 0 Å². The average molecular weight is 354 g/mol. The van der Waals surface area contributed by atoms with Crippen LogP contribution in [-0.2, 0) is 0 Å². The fraction of sp³-hybridized carbons (Fsp3) is 0.375. The first-order valence-electron chi connectivity index (χ1n) is 6.89. The molecule has 0 fully saturated rings. The molecular formula is C16H20BrNO3. The van der Waals surface area contributed by atoms with Crippen molar-refractivity contribution in [1.82, 2.24) is 5.32 Å². The number of halogens is 1. The van der Waals surface area contributed by atoms with Gasteiger partial charge in [0, 0.05) is 6.07 Å². The van der Waals surface area contributed by atoms with Gasteiger partial charge in [-0.2, -0.15) is 0 Å². The average Bonchev–Trinajstić information content (AvgIpc) is 2.93. The molecule has 4 nitrogen and oxygen atoms in total. The largest absolute Gasteiger partial charge is 0.497 e. The number of furan rings is 1. The van der Waals surface area contributed by atoms with Gasteiger partial charge in [-0.05, 0) is 58.7 Å². The van der Waals surface area contributed by atoms with Gasteiger partial charge in [-0.3, -0.25) is 0 Å². The van der Waals surface area contributed by atoms with Gasteiger partial charge in [0.05, 0.1) is 20.3 Å². The van der Waals surface area contributed by atoms with Crippen molar-refractivity contribution in [1.29, 1.82) is 0 Å². The molecule has 1 aromatic heterocycles. The van der Waals surface area contributed by atoms with Crippen LogP contribution in [0.1, 0.15) is 30.7 Å². The highest BCUT2D eigenvalue weighted by Gasteiger charge is 2.19. The zero-order valence-electron chi connectivity index (χ0n) is 12.5. The van der Waals surface area contributed by atoms with Crippen LogP contribution in [0.5, 0.6) is 11.5 Å². The summed E-state index contributed by atoms with van der Waals surface area (Å²) in [5, 5.41) is 3.49. The Hall–Kier alpha value is -1.46. The predicted molar refractivity (Wildman–Crippen MR) is 86.1 cm³/mol. The number of hydrogen-bond donors (Lipinski definition) is 1. The molecule has 0 aliphatic heterocycles. The normalized spacial score (nSPS) is 12.2. The fourth-order valence-corrected chi connectivity index (χ4v) is 2.47. The van der Waals surface area contributed by atoms with E-state index in [1.165, 1.54) is 0 Å². The van der Waals surface area contributed by atoms with Gasteiger partial charge in [0.2, 0.25) is 0 Å². The quantitative estimate of drug-likeness (QED) is 0.811. The number of benzene rings is 1. The van der Waals surface area contributed by atoms with Crippen molar-refractivity contribution < 1.29 is 13.9 Å². The Morgan fingerprint density at radius 2 is 1.81 bits per heavy atom. The van der Waals surface area contributed by atoms with E-state index in [9.17, 15) is 0 Å². The Bertz CT molecular complexity index is 560. The van der Waals surface area contributed by atoms with Crippen LogP contribution in [-0.4, -0.2) is 20.8 Å². The van der Waals surface area contributed by atoms with E-state index < -0.39 is 0 Å². The lowest BCUT2D eigenvalue weighted by Crippen LogP contribution is -2.22. The van der Waals surface area contributed by atoms with Crippen molar-refractivity contribution in [2.24, 2.45) is 0 Å². The second kappa shape index (κ2) is 7.52. The van der Waals surface area contributed by atoms with Crippen LogP contribution in [0.15, 0.2) is 39.4 Å². The molecule has 0 bridgehead atoms. The Labute approximate surface area is 133 Å². The lowest BCUT2D eigenvalue weighted by atomic mass is 10.0. The minimum absolute atomic E-state index is 0.0414. The van der Waals surface area contributed by atoms with Crippen molar-refractivity contribution in [3.8, 4) is 11.5 Å². The summed E-state index contributed by atoms with van der Waals surface area (Å²) in [4.78, 5) is 0. The van der Waals surface area contributed by atoms with Crippen molar-refractivity contribution >= 4 is 15.9 Å². The van der Waals surface area contributed by atoms with Crippen LogP contribution in [0.25, 0.3) is 0 Å². The first-order valence-corrected chi connectivity index (χ1v) is 7.68. The molecule has 0 aliphatic carbocycles. The van der Waals surface area contributed by atoms with Gasteiger partial charge in [-0.1, -0.05) is 6.92 Å². The molecule has 2 aromatic rings. The van der Waals surface area contributed by atoms with Gasteiger partial charge in [0.15, 0.2) is 4.67 Å². The van der Waals surface area contributed by atoms with Crippen molar-refractivity contribution in [3.63, 3.8) is 0 Å². The Morgan fingerprint density at radius 1 is 1.14 bits per heavy atom. The highest BCUT2D eigenvalue weighted by molar-refractivity contribution is 9.10. The van der Waals surface area contributed by atoms with Crippen molar-refractivity contribution in [2.75, 3.05) is 20.8 Å². The molecule has 1 atom stereocenters. The molecule has 1 aromatic carbocycles. The Morgan fingerprint density at radius 3 is 2.29 bits per heavy atom. The van der Waals surface area contributed by atoms with Gasteiger partial charge in [-0.25, -0.2) is 0 Å².